The summed E-state index contributed by atoms with van der Waals surface area (Å²) in [4.78, 5) is 2.14. The van der Waals surface area contributed by atoms with E-state index in [2.05, 4.69) is 47.7 Å². The minimum absolute atomic E-state index is 0.201. The van der Waals surface area contributed by atoms with Crippen LogP contribution < -0.4 is 0 Å². The van der Waals surface area contributed by atoms with E-state index in [9.17, 15) is 21.4 Å². The fourth-order valence-corrected chi connectivity index (χ4v) is 8.56. The molecule has 0 aliphatic carbocycles. The van der Waals surface area contributed by atoms with Gasteiger partial charge in [-0.05, 0) is 33.5 Å². The SMILES string of the molecule is CO[Si](CCCN(C)C)(OC)OC.CO[Si](CCC[N+](C)(C)CCCS(=O)(=O)[O-])(OC)OC.O=S1(=O)CCCO1.S=BS. The van der Waals surface area contributed by atoms with Crippen molar-refractivity contribution in [1.82, 2.24) is 4.90 Å². The zero-order chi connectivity index (χ0) is 34.2. The van der Waals surface area contributed by atoms with Gasteiger partial charge in [0.05, 0.1) is 49.7 Å². The standard InChI is InChI=1S/C11H27NO6SSi.C8H21NO3Si.C3H6O3S.BHS2/c1-12(2,8-6-10-19(13,14)15)9-7-11-20(16-3,17-4)18-5;1-9(2)7-6-8-13(10-3,11-4)12-5;4-7(5)3-1-2-6-7;2-1-3/h6-11H2,1-5H3;6-8H2,1-5H3;1-3H2;2H. The summed E-state index contributed by atoms with van der Waals surface area (Å²) in [6, 6.07) is 1.58. The fourth-order valence-electron chi connectivity index (χ4n) is 3.71. The van der Waals surface area contributed by atoms with E-state index in [1.807, 2.05) is 14.1 Å². The molecular weight excluding hydrogens is 679 g/mol. The molecule has 1 fully saturated rings. The predicted molar refractivity (Wildman–Crippen MR) is 179 cm³/mol. The third-order valence-corrected chi connectivity index (χ3v) is 13.9. The van der Waals surface area contributed by atoms with Gasteiger partial charge in [0, 0.05) is 73.3 Å². The molecule has 0 unspecified atom stereocenters. The molecule has 21 heteroatoms. The number of hydrogen-bond acceptors (Lipinski definition) is 14. The molecule has 1 aliphatic heterocycles. The Morgan fingerprint density at radius 3 is 1.58 bits per heavy atom. The van der Waals surface area contributed by atoms with Crippen LogP contribution in [-0.2, 0) is 51.0 Å². The molecule has 0 aromatic carbocycles. The first kappa shape index (κ1) is 48.0. The van der Waals surface area contributed by atoms with E-state index >= 15 is 0 Å². The monoisotopic (exact) mass is 734 g/mol. The van der Waals surface area contributed by atoms with Gasteiger partial charge in [-0.25, -0.2) is 8.42 Å². The van der Waals surface area contributed by atoms with Crippen molar-refractivity contribution in [3.63, 3.8) is 0 Å². The Balaban J connectivity index is -0.000000588. The first-order valence-corrected chi connectivity index (χ1v) is 21.5. The zero-order valence-electron chi connectivity index (χ0n) is 27.5. The van der Waals surface area contributed by atoms with Crippen LogP contribution in [0.1, 0.15) is 25.7 Å². The van der Waals surface area contributed by atoms with Crippen molar-refractivity contribution >= 4 is 67.8 Å². The van der Waals surface area contributed by atoms with Crippen LogP contribution in [0.15, 0.2) is 0 Å². The summed E-state index contributed by atoms with van der Waals surface area (Å²) in [5.41, 5.74) is 1.28. The van der Waals surface area contributed by atoms with Crippen molar-refractivity contribution in [2.24, 2.45) is 0 Å². The molecule has 260 valence electrons. The summed E-state index contributed by atoms with van der Waals surface area (Å²) >= 11 is 7.61. The second-order valence-electron chi connectivity index (χ2n) is 10.1. The molecule has 0 radical (unpaired) electrons. The Labute approximate surface area is 274 Å². The van der Waals surface area contributed by atoms with E-state index in [4.69, 9.17) is 26.6 Å². The summed E-state index contributed by atoms with van der Waals surface area (Å²) < 4.78 is 89.0. The minimum atomic E-state index is -4.12. The molecular formula is C22H55BN2O12S4Si2. The van der Waals surface area contributed by atoms with E-state index in [-0.39, 0.29) is 11.5 Å². The Hall–Kier alpha value is 0.569. The Kier molecular flexibility index (Phi) is 28.6. The molecule has 14 nitrogen and oxygen atoms in total. The summed E-state index contributed by atoms with van der Waals surface area (Å²) in [6.45, 7) is 2.89. The van der Waals surface area contributed by atoms with Crippen LogP contribution >= 0.6 is 24.5 Å². The summed E-state index contributed by atoms with van der Waals surface area (Å²) in [7, 11) is 5.80. The molecule has 1 rings (SSSR count). The van der Waals surface area contributed by atoms with Gasteiger partial charge in [0.15, 0.2) is 0 Å². The Morgan fingerprint density at radius 2 is 1.30 bits per heavy atom. The molecule has 0 saturated carbocycles. The van der Waals surface area contributed by atoms with E-state index in [0.717, 1.165) is 32.0 Å². The van der Waals surface area contributed by atoms with Gasteiger partial charge in [0.2, 0.25) is 0 Å². The van der Waals surface area contributed by atoms with Crippen molar-refractivity contribution in [2.45, 2.75) is 37.8 Å². The van der Waals surface area contributed by atoms with E-state index in [1.54, 1.807) is 42.7 Å². The van der Waals surface area contributed by atoms with Crippen molar-refractivity contribution in [1.29, 1.82) is 0 Å². The van der Waals surface area contributed by atoms with Crippen molar-refractivity contribution in [3.05, 3.63) is 0 Å². The molecule has 0 amide bonds. The van der Waals surface area contributed by atoms with Gasteiger partial charge in [0.25, 0.3) is 10.1 Å². The van der Waals surface area contributed by atoms with Gasteiger partial charge in [-0.15, -0.1) is 0 Å². The van der Waals surface area contributed by atoms with E-state index < -0.39 is 37.8 Å². The van der Waals surface area contributed by atoms with Crippen molar-refractivity contribution in [2.75, 3.05) is 109 Å². The molecule has 0 aromatic heterocycles. The van der Waals surface area contributed by atoms with Crippen molar-refractivity contribution < 1.29 is 56.6 Å². The number of nitrogens with zero attached hydrogens (tertiary/aromatic N) is 2. The maximum absolute atomic E-state index is 10.6. The van der Waals surface area contributed by atoms with E-state index in [0.29, 0.717) is 36.5 Å². The van der Waals surface area contributed by atoms with Gasteiger partial charge in [-0.1, -0.05) is 0 Å². The summed E-state index contributed by atoms with van der Waals surface area (Å²) in [5.74, 6) is -0.103. The molecule has 1 saturated heterocycles. The van der Waals surface area contributed by atoms with Crippen LogP contribution in [0, 0.1) is 0 Å². The zero-order valence-corrected chi connectivity index (χ0v) is 32.9. The average molecular weight is 735 g/mol. The predicted octanol–water partition coefficient (Wildman–Crippen LogP) is 1.47. The van der Waals surface area contributed by atoms with Crippen LogP contribution in [0.2, 0.25) is 12.1 Å². The molecule has 0 atom stereocenters. The fraction of sp³-hybridized carbons (Fsp3) is 1.00. The third kappa shape index (κ3) is 27.4. The van der Waals surface area contributed by atoms with Crippen LogP contribution in [0.25, 0.3) is 0 Å². The van der Waals surface area contributed by atoms with Crippen LogP contribution in [0.3, 0.4) is 0 Å². The summed E-state index contributed by atoms with van der Waals surface area (Å²) in [5, 5.41) is 0. The molecule has 1 aliphatic rings. The Morgan fingerprint density at radius 1 is 0.907 bits per heavy atom. The number of hydrogen-bond donors (Lipinski definition) is 1. The maximum atomic E-state index is 10.6. The Bertz CT molecular complexity index is 883. The van der Waals surface area contributed by atoms with Gasteiger partial charge < -0.3 is 40.5 Å². The molecule has 0 N–H and O–H groups in total. The van der Waals surface area contributed by atoms with Gasteiger partial charge >= 0.3 is 47.6 Å². The van der Waals surface area contributed by atoms with Gasteiger partial charge in [-0.2, -0.15) is 8.42 Å². The second kappa shape index (κ2) is 25.6. The summed E-state index contributed by atoms with van der Waals surface area (Å²) in [6.07, 6.45) is 2.91. The third-order valence-electron chi connectivity index (χ3n) is 6.16. The molecule has 0 aromatic rings. The quantitative estimate of drug-likeness (QED) is 0.0709. The van der Waals surface area contributed by atoms with E-state index in [1.165, 1.54) is 5.43 Å². The average Bonchev–Trinajstić information content (AvgIpc) is 3.33. The first-order chi connectivity index (χ1) is 19.8. The van der Waals surface area contributed by atoms with Crippen LogP contribution in [0.5, 0.6) is 0 Å². The second-order valence-corrected chi connectivity index (χ2v) is 20.4. The van der Waals surface area contributed by atoms with Gasteiger partial charge in [-0.3, -0.25) is 4.18 Å². The first-order valence-electron chi connectivity index (χ1n) is 13.5. The molecule has 0 spiro atoms. The van der Waals surface area contributed by atoms with Crippen LogP contribution in [0.4, 0.5) is 0 Å². The molecule has 1 heterocycles. The molecule has 43 heavy (non-hydrogen) atoms. The molecule has 0 bridgehead atoms. The van der Waals surface area contributed by atoms with Crippen LogP contribution in [-0.4, -0.2) is 162 Å². The normalized spacial score (nSPS) is 14.9. The number of rotatable bonds is 18. The van der Waals surface area contributed by atoms with Crippen molar-refractivity contribution in [3.8, 4) is 0 Å². The number of quaternary nitrogens is 1. The number of thiol groups is 1. The van der Waals surface area contributed by atoms with Gasteiger partial charge in [0.1, 0.15) is 0 Å². The topological polar surface area (TPSA) is 159 Å².